The van der Waals surface area contributed by atoms with Crippen LogP contribution in [0.15, 0.2) is 41.3 Å². The number of sulfonamides is 1. The topological polar surface area (TPSA) is 93.5 Å². The molecule has 0 amide bonds. The summed E-state index contributed by atoms with van der Waals surface area (Å²) in [4.78, 5) is -0.311. The van der Waals surface area contributed by atoms with Crippen molar-refractivity contribution < 1.29 is 30.7 Å². The van der Waals surface area contributed by atoms with Crippen molar-refractivity contribution in [2.75, 3.05) is 18.8 Å². The van der Waals surface area contributed by atoms with Gasteiger partial charge in [-0.05, 0) is 55.3 Å². The van der Waals surface area contributed by atoms with Gasteiger partial charge in [-0.2, -0.15) is 4.72 Å². The van der Waals surface area contributed by atoms with Gasteiger partial charge in [0, 0.05) is 6.54 Å². The zero-order valence-electron chi connectivity index (χ0n) is 15.3. The summed E-state index contributed by atoms with van der Waals surface area (Å²) >= 11 is 0. The lowest BCUT2D eigenvalue weighted by atomic mass is 9.89. The first-order chi connectivity index (χ1) is 13.4. The van der Waals surface area contributed by atoms with Crippen LogP contribution >= 0.6 is 0 Å². The molecule has 3 rings (SSSR count). The van der Waals surface area contributed by atoms with Crippen molar-refractivity contribution in [3.8, 4) is 5.75 Å². The summed E-state index contributed by atoms with van der Waals surface area (Å²) in [7, 11) is -4.16. The Labute approximate surface area is 165 Å². The molecule has 0 spiro atoms. The second-order valence-electron chi connectivity index (χ2n) is 6.83. The molecule has 1 atom stereocenters. The van der Waals surface area contributed by atoms with Crippen LogP contribution in [0.5, 0.6) is 5.75 Å². The van der Waals surface area contributed by atoms with Gasteiger partial charge < -0.3 is 15.8 Å². The Morgan fingerprint density at radius 2 is 1.93 bits per heavy atom. The van der Waals surface area contributed by atoms with Crippen molar-refractivity contribution in [2.45, 2.75) is 30.1 Å². The highest BCUT2D eigenvalue weighted by Gasteiger charge is 2.40. The van der Waals surface area contributed by atoms with Crippen LogP contribution in [-0.4, -0.2) is 27.9 Å². The quantitative estimate of drug-likeness (QED) is 0.498. The highest BCUT2D eigenvalue weighted by molar-refractivity contribution is 7.89. The summed E-state index contributed by atoms with van der Waals surface area (Å²) in [6.45, 7) is 2.37. The maximum atomic E-state index is 13.7. The molecule has 0 saturated carbocycles. The summed E-state index contributed by atoms with van der Waals surface area (Å²) in [6.07, 6.45) is -4.55. The highest BCUT2D eigenvalue weighted by atomic mass is 32.2. The molecule has 4 N–H and O–H groups in total. The lowest BCUT2D eigenvalue weighted by Crippen LogP contribution is -2.47. The van der Waals surface area contributed by atoms with E-state index in [0.717, 1.165) is 18.2 Å². The number of benzene rings is 2. The highest BCUT2D eigenvalue weighted by Crippen LogP contribution is 2.33. The standard InChI is InChI=1S/C18H19F4N3O3S/c1-11-8-12(2-4-14(11)19)17(6-7-24-10-17)25-29(26,27)13-3-5-16(15(23)9-13)28-18(20,21)22/h2-5,8-9,24-25H,6-7,10,23H2,1H3. The molecule has 1 saturated heterocycles. The molecule has 29 heavy (non-hydrogen) atoms. The lowest BCUT2D eigenvalue weighted by Gasteiger charge is -2.30. The predicted molar refractivity (Wildman–Crippen MR) is 98.2 cm³/mol. The van der Waals surface area contributed by atoms with Crippen LogP contribution in [0, 0.1) is 12.7 Å². The first-order valence-corrected chi connectivity index (χ1v) is 10.1. The van der Waals surface area contributed by atoms with Crippen LogP contribution in [0.3, 0.4) is 0 Å². The van der Waals surface area contributed by atoms with Crippen LogP contribution < -0.4 is 20.5 Å². The van der Waals surface area contributed by atoms with Crippen molar-refractivity contribution in [1.29, 1.82) is 0 Å². The van der Waals surface area contributed by atoms with Crippen molar-refractivity contribution in [1.82, 2.24) is 10.0 Å². The molecule has 2 aromatic rings. The number of nitrogen functional groups attached to an aromatic ring is 1. The molecule has 1 unspecified atom stereocenters. The Kier molecular flexibility index (Phi) is 5.50. The minimum absolute atomic E-state index is 0.266. The molecule has 6 nitrogen and oxygen atoms in total. The van der Waals surface area contributed by atoms with E-state index in [0.29, 0.717) is 24.1 Å². The van der Waals surface area contributed by atoms with Gasteiger partial charge in [-0.15, -0.1) is 13.2 Å². The maximum Gasteiger partial charge on any atom is 0.573 e. The number of aryl methyl sites for hydroxylation is 1. The van der Waals surface area contributed by atoms with E-state index in [1.165, 1.54) is 12.1 Å². The molecule has 1 fully saturated rings. The molecule has 1 aliphatic rings. The minimum Gasteiger partial charge on any atom is -0.404 e. The molecule has 2 aromatic carbocycles. The molecule has 1 heterocycles. The molecule has 1 aliphatic heterocycles. The summed E-state index contributed by atoms with van der Waals surface area (Å²) in [6, 6.07) is 7.06. The Hall–Kier alpha value is -2.37. The molecule has 11 heteroatoms. The average molecular weight is 433 g/mol. The first kappa shape index (κ1) is 21.3. The number of ether oxygens (including phenoxy) is 1. The van der Waals surface area contributed by atoms with Gasteiger partial charge in [-0.1, -0.05) is 12.1 Å². The second-order valence-corrected chi connectivity index (χ2v) is 8.51. The van der Waals surface area contributed by atoms with E-state index in [9.17, 15) is 26.0 Å². The third-order valence-electron chi connectivity index (χ3n) is 4.71. The minimum atomic E-state index is -4.95. The molecular weight excluding hydrogens is 414 g/mol. The number of nitrogens with one attached hydrogen (secondary N) is 2. The fourth-order valence-corrected chi connectivity index (χ4v) is 4.71. The monoisotopic (exact) mass is 433 g/mol. The summed E-state index contributed by atoms with van der Waals surface area (Å²) in [5.74, 6) is -1.10. The van der Waals surface area contributed by atoms with Gasteiger partial charge in [-0.25, -0.2) is 12.8 Å². The van der Waals surface area contributed by atoms with Crippen molar-refractivity contribution in [3.63, 3.8) is 0 Å². The van der Waals surface area contributed by atoms with Crippen molar-refractivity contribution >= 4 is 15.7 Å². The fourth-order valence-electron chi connectivity index (χ4n) is 3.25. The largest absolute Gasteiger partial charge is 0.573 e. The van der Waals surface area contributed by atoms with Gasteiger partial charge in [0.05, 0.1) is 16.1 Å². The van der Waals surface area contributed by atoms with Crippen LogP contribution in [0.2, 0.25) is 0 Å². The summed E-state index contributed by atoms with van der Waals surface area (Å²) in [5.41, 5.74) is 4.98. The van der Waals surface area contributed by atoms with Crippen LogP contribution in [0.4, 0.5) is 23.2 Å². The number of alkyl halides is 3. The third-order valence-corrected chi connectivity index (χ3v) is 6.25. The number of rotatable bonds is 5. The number of hydrogen-bond acceptors (Lipinski definition) is 5. The van der Waals surface area contributed by atoms with E-state index in [1.807, 2.05) is 0 Å². The predicted octanol–water partition coefficient (Wildman–Crippen LogP) is 2.78. The Morgan fingerprint density at radius 3 is 2.48 bits per heavy atom. The van der Waals surface area contributed by atoms with E-state index < -0.39 is 39.2 Å². The maximum absolute atomic E-state index is 13.7. The number of halogens is 4. The van der Waals surface area contributed by atoms with Crippen molar-refractivity contribution in [3.05, 3.63) is 53.3 Å². The van der Waals surface area contributed by atoms with Crippen LogP contribution in [0.25, 0.3) is 0 Å². The normalized spacial score (nSPS) is 20.0. The summed E-state index contributed by atoms with van der Waals surface area (Å²) < 4.78 is 83.0. The van der Waals surface area contributed by atoms with Crippen LogP contribution in [0.1, 0.15) is 17.5 Å². The number of anilines is 1. The third kappa shape index (κ3) is 4.62. The van der Waals surface area contributed by atoms with E-state index in [1.54, 1.807) is 13.0 Å². The van der Waals surface area contributed by atoms with Gasteiger partial charge in [-0.3, -0.25) is 0 Å². The number of hydrogen-bond donors (Lipinski definition) is 3. The van der Waals surface area contributed by atoms with E-state index in [2.05, 4.69) is 14.8 Å². The van der Waals surface area contributed by atoms with Gasteiger partial charge in [0.25, 0.3) is 0 Å². The Balaban J connectivity index is 1.94. The van der Waals surface area contributed by atoms with Gasteiger partial charge >= 0.3 is 6.36 Å². The van der Waals surface area contributed by atoms with E-state index in [4.69, 9.17) is 5.73 Å². The zero-order chi connectivity index (χ0) is 21.4. The smallest absolute Gasteiger partial charge is 0.404 e. The Bertz CT molecular complexity index is 1020. The fraction of sp³-hybridized carbons (Fsp3) is 0.333. The lowest BCUT2D eigenvalue weighted by molar-refractivity contribution is -0.274. The van der Waals surface area contributed by atoms with Crippen molar-refractivity contribution in [2.24, 2.45) is 0 Å². The van der Waals surface area contributed by atoms with E-state index >= 15 is 0 Å². The molecule has 158 valence electrons. The van der Waals surface area contributed by atoms with Gasteiger partial charge in [0.15, 0.2) is 5.75 Å². The second kappa shape index (κ2) is 7.47. The molecule has 0 bridgehead atoms. The van der Waals surface area contributed by atoms with E-state index in [-0.39, 0.29) is 11.4 Å². The molecule has 0 aliphatic carbocycles. The molecule has 0 aromatic heterocycles. The van der Waals surface area contributed by atoms with Crippen LogP contribution in [-0.2, 0) is 15.6 Å². The SMILES string of the molecule is Cc1cc(C2(NS(=O)(=O)c3ccc(OC(F)(F)F)c(N)c3)CCNC2)ccc1F. The van der Waals surface area contributed by atoms with Gasteiger partial charge in [0.2, 0.25) is 10.0 Å². The van der Waals surface area contributed by atoms with Gasteiger partial charge in [0.1, 0.15) is 5.82 Å². The zero-order valence-corrected chi connectivity index (χ0v) is 16.1. The first-order valence-electron chi connectivity index (χ1n) is 8.58. The number of nitrogens with two attached hydrogens (primary N) is 1. The molecule has 0 radical (unpaired) electrons. The average Bonchev–Trinajstić information content (AvgIpc) is 3.07. The Morgan fingerprint density at radius 1 is 1.21 bits per heavy atom. The molecular formula is C18H19F4N3O3S. The summed E-state index contributed by atoms with van der Waals surface area (Å²) in [5, 5.41) is 3.08.